The highest BCUT2D eigenvalue weighted by atomic mass is 32.2. The molecule has 0 aromatic carbocycles. The molecule has 2 aromatic rings. The molecule has 0 saturated heterocycles. The number of fused-ring (bicyclic) bond motifs is 1. The number of nitrogens with two attached hydrogens (primary N) is 1. The van der Waals surface area contributed by atoms with Crippen molar-refractivity contribution in [2.75, 3.05) is 5.73 Å². The minimum absolute atomic E-state index is 0.585. The maximum Gasteiger partial charge on any atom is 0.142 e. The van der Waals surface area contributed by atoms with E-state index in [1.165, 1.54) is 10.4 Å². The van der Waals surface area contributed by atoms with Gasteiger partial charge in [-0.2, -0.15) is 11.8 Å². The SMILES string of the molecule is Cc1sc2nc(CSC(C)C)nc(N)c2c1C. The molecule has 0 spiro atoms. The molecule has 0 saturated carbocycles. The fourth-order valence-corrected chi connectivity index (χ4v) is 3.30. The number of hydrogen-bond donors (Lipinski definition) is 1. The van der Waals surface area contributed by atoms with E-state index in [2.05, 4.69) is 37.7 Å². The van der Waals surface area contributed by atoms with E-state index in [4.69, 9.17) is 5.73 Å². The zero-order chi connectivity index (χ0) is 12.6. The van der Waals surface area contributed by atoms with E-state index < -0.39 is 0 Å². The number of anilines is 1. The van der Waals surface area contributed by atoms with Crippen LogP contribution < -0.4 is 5.73 Å². The molecule has 2 heterocycles. The van der Waals surface area contributed by atoms with Crippen LogP contribution in [-0.2, 0) is 5.75 Å². The van der Waals surface area contributed by atoms with Gasteiger partial charge in [0.25, 0.3) is 0 Å². The first-order chi connectivity index (χ1) is 7.99. The maximum atomic E-state index is 6.02. The Kier molecular flexibility index (Phi) is 3.58. The molecule has 92 valence electrons. The lowest BCUT2D eigenvalue weighted by Gasteiger charge is -2.05. The summed E-state index contributed by atoms with van der Waals surface area (Å²) in [5, 5.41) is 1.62. The Labute approximate surface area is 110 Å². The Balaban J connectivity index is 2.42. The first-order valence-electron chi connectivity index (χ1n) is 5.62. The summed E-state index contributed by atoms with van der Waals surface area (Å²) < 4.78 is 0. The van der Waals surface area contributed by atoms with E-state index >= 15 is 0 Å². The second kappa shape index (κ2) is 4.82. The third kappa shape index (κ3) is 2.55. The Bertz CT molecular complexity index is 546. The minimum Gasteiger partial charge on any atom is -0.383 e. The second-order valence-corrected chi connectivity index (χ2v) is 7.12. The Morgan fingerprint density at radius 1 is 1.29 bits per heavy atom. The molecule has 0 aliphatic heterocycles. The van der Waals surface area contributed by atoms with Gasteiger partial charge in [-0.3, -0.25) is 0 Å². The van der Waals surface area contributed by atoms with E-state index in [0.29, 0.717) is 11.1 Å². The fourth-order valence-electron chi connectivity index (χ4n) is 1.63. The first kappa shape index (κ1) is 12.6. The van der Waals surface area contributed by atoms with E-state index in [1.54, 1.807) is 11.3 Å². The van der Waals surface area contributed by atoms with Gasteiger partial charge in [0, 0.05) is 4.88 Å². The largest absolute Gasteiger partial charge is 0.383 e. The second-order valence-electron chi connectivity index (χ2n) is 4.35. The monoisotopic (exact) mass is 267 g/mol. The van der Waals surface area contributed by atoms with Crippen molar-refractivity contribution in [1.82, 2.24) is 9.97 Å². The smallest absolute Gasteiger partial charge is 0.142 e. The van der Waals surface area contributed by atoms with Crippen molar-refractivity contribution >= 4 is 39.1 Å². The molecule has 2 rings (SSSR count). The summed E-state index contributed by atoms with van der Waals surface area (Å²) in [5.41, 5.74) is 7.24. The summed E-state index contributed by atoms with van der Waals surface area (Å²) in [6, 6.07) is 0. The molecule has 0 atom stereocenters. The Morgan fingerprint density at radius 2 is 2.00 bits per heavy atom. The molecule has 0 bridgehead atoms. The minimum atomic E-state index is 0.585. The summed E-state index contributed by atoms with van der Waals surface area (Å²) in [7, 11) is 0. The predicted molar refractivity (Wildman–Crippen MR) is 77.7 cm³/mol. The highest BCUT2D eigenvalue weighted by molar-refractivity contribution is 7.99. The van der Waals surface area contributed by atoms with Gasteiger partial charge in [-0.15, -0.1) is 11.3 Å². The number of nitrogen functional groups attached to an aromatic ring is 1. The zero-order valence-electron chi connectivity index (χ0n) is 10.6. The molecule has 0 radical (unpaired) electrons. The number of rotatable bonds is 3. The number of thiophene rings is 1. The van der Waals surface area contributed by atoms with Gasteiger partial charge in [-0.05, 0) is 24.7 Å². The molecule has 0 fully saturated rings. The lowest BCUT2D eigenvalue weighted by molar-refractivity contribution is 1.06. The Hall–Kier alpha value is -0.810. The average Bonchev–Trinajstić information content (AvgIpc) is 2.52. The third-order valence-electron chi connectivity index (χ3n) is 2.65. The topological polar surface area (TPSA) is 51.8 Å². The van der Waals surface area contributed by atoms with Crippen molar-refractivity contribution in [3.63, 3.8) is 0 Å². The zero-order valence-corrected chi connectivity index (χ0v) is 12.2. The van der Waals surface area contributed by atoms with Gasteiger partial charge in [-0.1, -0.05) is 13.8 Å². The summed E-state index contributed by atoms with van der Waals surface area (Å²) in [6.45, 7) is 8.53. The van der Waals surface area contributed by atoms with Gasteiger partial charge in [-0.25, -0.2) is 9.97 Å². The fraction of sp³-hybridized carbons (Fsp3) is 0.500. The summed E-state index contributed by atoms with van der Waals surface area (Å²) in [4.78, 5) is 11.3. The van der Waals surface area contributed by atoms with Crippen molar-refractivity contribution in [3.05, 3.63) is 16.3 Å². The van der Waals surface area contributed by atoms with Crippen molar-refractivity contribution in [1.29, 1.82) is 0 Å². The van der Waals surface area contributed by atoms with Crippen molar-refractivity contribution in [2.45, 2.75) is 38.7 Å². The number of nitrogens with zero attached hydrogens (tertiary/aromatic N) is 2. The van der Waals surface area contributed by atoms with Crippen LogP contribution in [0.5, 0.6) is 0 Å². The van der Waals surface area contributed by atoms with Crippen LogP contribution in [0.4, 0.5) is 5.82 Å². The summed E-state index contributed by atoms with van der Waals surface area (Å²) in [5.74, 6) is 2.29. The molecule has 2 aromatic heterocycles. The quantitative estimate of drug-likeness (QED) is 0.924. The van der Waals surface area contributed by atoms with Crippen LogP contribution in [0.2, 0.25) is 0 Å². The number of hydrogen-bond acceptors (Lipinski definition) is 5. The van der Waals surface area contributed by atoms with Crippen LogP contribution in [0.3, 0.4) is 0 Å². The number of aromatic nitrogens is 2. The molecule has 0 aliphatic carbocycles. The molecule has 5 heteroatoms. The summed E-state index contributed by atoms with van der Waals surface area (Å²) >= 11 is 3.54. The van der Waals surface area contributed by atoms with E-state index in [1.807, 2.05) is 11.8 Å². The highest BCUT2D eigenvalue weighted by Gasteiger charge is 2.12. The predicted octanol–water partition coefficient (Wildman–Crippen LogP) is 3.53. The van der Waals surface area contributed by atoms with Crippen LogP contribution >= 0.6 is 23.1 Å². The average molecular weight is 267 g/mol. The molecule has 0 aliphatic rings. The van der Waals surface area contributed by atoms with Crippen molar-refractivity contribution in [2.24, 2.45) is 0 Å². The highest BCUT2D eigenvalue weighted by Crippen LogP contribution is 2.32. The van der Waals surface area contributed by atoms with E-state index in [0.717, 1.165) is 21.8 Å². The normalized spacial score (nSPS) is 11.6. The van der Waals surface area contributed by atoms with Gasteiger partial charge in [0.1, 0.15) is 16.5 Å². The number of aryl methyl sites for hydroxylation is 2. The first-order valence-corrected chi connectivity index (χ1v) is 7.49. The molecule has 2 N–H and O–H groups in total. The van der Waals surface area contributed by atoms with Gasteiger partial charge >= 0.3 is 0 Å². The lowest BCUT2D eigenvalue weighted by atomic mass is 10.2. The van der Waals surface area contributed by atoms with Crippen LogP contribution in [0.15, 0.2) is 0 Å². The maximum absolute atomic E-state index is 6.02. The lowest BCUT2D eigenvalue weighted by Crippen LogP contribution is -2.00. The summed E-state index contributed by atoms with van der Waals surface area (Å²) in [6.07, 6.45) is 0. The van der Waals surface area contributed by atoms with Crippen molar-refractivity contribution in [3.8, 4) is 0 Å². The third-order valence-corrected chi connectivity index (χ3v) is 4.84. The molecule has 0 amide bonds. The van der Waals surface area contributed by atoms with Crippen molar-refractivity contribution < 1.29 is 0 Å². The number of thioether (sulfide) groups is 1. The van der Waals surface area contributed by atoms with Crippen LogP contribution in [0, 0.1) is 13.8 Å². The van der Waals surface area contributed by atoms with Crippen LogP contribution in [0.1, 0.15) is 30.1 Å². The van der Waals surface area contributed by atoms with E-state index in [-0.39, 0.29) is 0 Å². The molecule has 3 nitrogen and oxygen atoms in total. The van der Waals surface area contributed by atoms with Gasteiger partial charge < -0.3 is 5.73 Å². The van der Waals surface area contributed by atoms with Crippen LogP contribution in [0.25, 0.3) is 10.2 Å². The molecule has 17 heavy (non-hydrogen) atoms. The Morgan fingerprint density at radius 3 is 2.65 bits per heavy atom. The molecule has 0 unspecified atom stereocenters. The van der Waals surface area contributed by atoms with E-state index in [9.17, 15) is 0 Å². The van der Waals surface area contributed by atoms with Gasteiger partial charge in [0.2, 0.25) is 0 Å². The van der Waals surface area contributed by atoms with Crippen LogP contribution in [-0.4, -0.2) is 15.2 Å². The van der Waals surface area contributed by atoms with Gasteiger partial charge in [0.05, 0.1) is 11.1 Å². The molecular formula is C12H17N3S2. The standard InChI is InChI=1S/C12H17N3S2/c1-6(2)16-5-9-14-11(13)10-7(3)8(4)17-12(10)15-9/h6H,5H2,1-4H3,(H2,13,14,15). The van der Waals surface area contributed by atoms with Gasteiger partial charge in [0.15, 0.2) is 0 Å². The molecular weight excluding hydrogens is 250 g/mol.